The molecule has 0 radical (unpaired) electrons. The zero-order valence-electron chi connectivity index (χ0n) is 13.2. The molecule has 2 unspecified atom stereocenters. The number of aryl methyl sites for hydroxylation is 2. The van der Waals surface area contributed by atoms with Gasteiger partial charge in [-0.05, 0) is 37.8 Å². The van der Waals surface area contributed by atoms with E-state index in [-0.39, 0.29) is 18.1 Å². The van der Waals surface area contributed by atoms with Crippen molar-refractivity contribution in [2.24, 2.45) is 5.92 Å². The minimum Gasteiger partial charge on any atom is -0.393 e. The molecule has 4 nitrogen and oxygen atoms in total. The summed E-state index contributed by atoms with van der Waals surface area (Å²) in [5.74, 6) is 0.201. The third-order valence-electron chi connectivity index (χ3n) is 4.44. The molecule has 1 aliphatic carbocycles. The van der Waals surface area contributed by atoms with Crippen molar-refractivity contribution in [1.29, 1.82) is 0 Å². The van der Waals surface area contributed by atoms with Crippen LogP contribution < -0.4 is 5.32 Å². The van der Waals surface area contributed by atoms with Gasteiger partial charge >= 0.3 is 6.03 Å². The highest BCUT2D eigenvalue weighted by Gasteiger charge is 2.25. The summed E-state index contributed by atoms with van der Waals surface area (Å²) < 4.78 is 0. The summed E-state index contributed by atoms with van der Waals surface area (Å²) in [5, 5.41) is 13.0. The Bertz CT molecular complexity index is 481. The highest BCUT2D eigenvalue weighted by molar-refractivity contribution is 5.90. The topological polar surface area (TPSA) is 52.6 Å². The number of nitrogens with zero attached hydrogens (tertiary/aromatic N) is 1. The van der Waals surface area contributed by atoms with Crippen LogP contribution in [0.4, 0.5) is 10.5 Å². The van der Waals surface area contributed by atoms with Gasteiger partial charge in [0.2, 0.25) is 0 Å². The Kier molecular flexibility index (Phi) is 5.23. The minimum atomic E-state index is -0.269. The van der Waals surface area contributed by atoms with Crippen molar-refractivity contribution in [2.75, 3.05) is 18.9 Å². The van der Waals surface area contributed by atoms with Crippen LogP contribution in [-0.4, -0.2) is 35.7 Å². The van der Waals surface area contributed by atoms with Gasteiger partial charge < -0.3 is 15.3 Å². The van der Waals surface area contributed by atoms with Gasteiger partial charge in [0.05, 0.1) is 6.10 Å². The van der Waals surface area contributed by atoms with Crippen LogP contribution in [0.3, 0.4) is 0 Å². The molecule has 1 aromatic rings. The lowest BCUT2D eigenvalue weighted by atomic mass is 9.86. The normalized spacial score (nSPS) is 21.9. The Hall–Kier alpha value is -1.55. The number of carbonyl (C=O) groups excluding carboxylic acids is 1. The van der Waals surface area contributed by atoms with E-state index in [2.05, 4.69) is 5.32 Å². The van der Waals surface area contributed by atoms with Gasteiger partial charge in [-0.25, -0.2) is 4.79 Å². The molecule has 4 heteroatoms. The standard InChI is InChI=1S/C17H26N2O2/c1-12-7-6-8-13(2)16(12)18-17(21)19(3)11-14-9-4-5-10-15(14)20/h6-8,14-15,20H,4-5,9-11H2,1-3H3,(H,18,21). The van der Waals surface area contributed by atoms with Crippen LogP contribution in [-0.2, 0) is 0 Å². The van der Waals surface area contributed by atoms with Crippen LogP contribution in [0.1, 0.15) is 36.8 Å². The molecular weight excluding hydrogens is 264 g/mol. The first kappa shape index (κ1) is 15.8. The predicted molar refractivity (Wildman–Crippen MR) is 85.5 cm³/mol. The molecule has 0 aliphatic heterocycles. The summed E-state index contributed by atoms with van der Waals surface area (Å²) in [6, 6.07) is 5.87. The van der Waals surface area contributed by atoms with E-state index >= 15 is 0 Å². The van der Waals surface area contributed by atoms with Gasteiger partial charge in [-0.15, -0.1) is 0 Å². The van der Waals surface area contributed by atoms with Crippen LogP contribution in [0.5, 0.6) is 0 Å². The number of aliphatic hydroxyl groups excluding tert-OH is 1. The van der Waals surface area contributed by atoms with E-state index in [4.69, 9.17) is 0 Å². The summed E-state index contributed by atoms with van der Waals surface area (Å²) in [6.45, 7) is 4.60. The molecule has 1 saturated carbocycles. The molecule has 0 bridgehead atoms. The van der Waals surface area contributed by atoms with E-state index in [1.54, 1.807) is 11.9 Å². The third kappa shape index (κ3) is 3.97. The Balaban J connectivity index is 1.96. The van der Waals surface area contributed by atoms with E-state index in [1.807, 2.05) is 32.0 Å². The Morgan fingerprint density at radius 1 is 1.29 bits per heavy atom. The molecule has 2 N–H and O–H groups in total. The first-order valence-corrected chi connectivity index (χ1v) is 7.75. The maximum Gasteiger partial charge on any atom is 0.321 e. The Morgan fingerprint density at radius 3 is 2.52 bits per heavy atom. The van der Waals surface area contributed by atoms with Crippen molar-refractivity contribution in [3.8, 4) is 0 Å². The second-order valence-electron chi connectivity index (χ2n) is 6.19. The summed E-state index contributed by atoms with van der Waals surface area (Å²) in [4.78, 5) is 14.0. The number of benzene rings is 1. The highest BCUT2D eigenvalue weighted by Crippen LogP contribution is 2.25. The average molecular weight is 290 g/mol. The molecule has 0 heterocycles. The number of para-hydroxylation sites is 1. The lowest BCUT2D eigenvalue weighted by Gasteiger charge is -2.31. The first-order valence-electron chi connectivity index (χ1n) is 7.75. The smallest absolute Gasteiger partial charge is 0.321 e. The number of hydrogen-bond acceptors (Lipinski definition) is 2. The van der Waals surface area contributed by atoms with Gasteiger partial charge in [0.1, 0.15) is 0 Å². The molecule has 0 aromatic heterocycles. The molecule has 0 saturated heterocycles. The van der Waals surface area contributed by atoms with Crippen LogP contribution in [0.25, 0.3) is 0 Å². The zero-order chi connectivity index (χ0) is 15.4. The summed E-state index contributed by atoms with van der Waals surface area (Å²) in [5.41, 5.74) is 3.02. The van der Waals surface area contributed by atoms with Gasteiger partial charge in [0, 0.05) is 25.2 Å². The maximum absolute atomic E-state index is 12.3. The number of carbonyl (C=O) groups is 1. The molecule has 2 atom stereocenters. The summed E-state index contributed by atoms with van der Waals surface area (Å²) in [7, 11) is 1.80. The van der Waals surface area contributed by atoms with Crippen LogP contribution in [0, 0.1) is 19.8 Å². The zero-order valence-corrected chi connectivity index (χ0v) is 13.2. The quantitative estimate of drug-likeness (QED) is 0.897. The predicted octanol–water partition coefficient (Wildman–Crippen LogP) is 3.32. The SMILES string of the molecule is Cc1cccc(C)c1NC(=O)N(C)CC1CCCCC1O. The van der Waals surface area contributed by atoms with Crippen molar-refractivity contribution < 1.29 is 9.90 Å². The fourth-order valence-electron chi connectivity index (χ4n) is 3.05. The van der Waals surface area contributed by atoms with E-state index in [1.165, 1.54) is 0 Å². The lowest BCUT2D eigenvalue weighted by Crippen LogP contribution is -2.40. The van der Waals surface area contributed by atoms with Crippen molar-refractivity contribution in [3.63, 3.8) is 0 Å². The van der Waals surface area contributed by atoms with Gasteiger partial charge in [0.15, 0.2) is 0 Å². The molecule has 2 amide bonds. The monoisotopic (exact) mass is 290 g/mol. The van der Waals surface area contributed by atoms with E-state index in [9.17, 15) is 9.90 Å². The van der Waals surface area contributed by atoms with E-state index in [0.717, 1.165) is 42.5 Å². The van der Waals surface area contributed by atoms with E-state index in [0.29, 0.717) is 6.54 Å². The molecular formula is C17H26N2O2. The fourth-order valence-corrected chi connectivity index (χ4v) is 3.05. The molecule has 1 aliphatic rings. The second-order valence-corrected chi connectivity index (χ2v) is 6.19. The van der Waals surface area contributed by atoms with Crippen LogP contribution in [0.15, 0.2) is 18.2 Å². The van der Waals surface area contributed by atoms with Crippen LogP contribution >= 0.6 is 0 Å². The number of nitrogens with one attached hydrogen (secondary N) is 1. The molecule has 2 rings (SSSR count). The first-order chi connectivity index (χ1) is 9.99. The molecule has 1 fully saturated rings. The van der Waals surface area contributed by atoms with E-state index < -0.39 is 0 Å². The van der Waals surface area contributed by atoms with Crippen molar-refractivity contribution in [1.82, 2.24) is 4.90 Å². The molecule has 0 spiro atoms. The molecule has 21 heavy (non-hydrogen) atoms. The Labute approximate surface area is 127 Å². The minimum absolute atomic E-state index is 0.106. The molecule has 116 valence electrons. The number of amides is 2. The van der Waals surface area contributed by atoms with Gasteiger partial charge in [-0.1, -0.05) is 31.0 Å². The number of hydrogen-bond donors (Lipinski definition) is 2. The van der Waals surface area contributed by atoms with Crippen molar-refractivity contribution in [3.05, 3.63) is 29.3 Å². The summed E-state index contributed by atoms with van der Waals surface area (Å²) >= 11 is 0. The second kappa shape index (κ2) is 6.94. The van der Waals surface area contributed by atoms with Crippen LogP contribution in [0.2, 0.25) is 0 Å². The summed E-state index contributed by atoms with van der Waals surface area (Å²) in [6.07, 6.45) is 3.83. The number of rotatable bonds is 3. The van der Waals surface area contributed by atoms with Gasteiger partial charge in [-0.3, -0.25) is 0 Å². The number of aliphatic hydroxyl groups is 1. The van der Waals surface area contributed by atoms with Gasteiger partial charge in [0.25, 0.3) is 0 Å². The largest absolute Gasteiger partial charge is 0.393 e. The van der Waals surface area contributed by atoms with Gasteiger partial charge in [-0.2, -0.15) is 0 Å². The third-order valence-corrected chi connectivity index (χ3v) is 4.44. The Morgan fingerprint density at radius 2 is 1.90 bits per heavy atom. The lowest BCUT2D eigenvalue weighted by molar-refractivity contribution is 0.0575. The molecule has 1 aromatic carbocycles. The van der Waals surface area contributed by atoms with Crippen molar-refractivity contribution in [2.45, 2.75) is 45.6 Å². The fraction of sp³-hybridized carbons (Fsp3) is 0.588. The number of anilines is 1. The van der Waals surface area contributed by atoms with Crippen molar-refractivity contribution >= 4 is 11.7 Å². The maximum atomic E-state index is 12.3. The number of urea groups is 1. The highest BCUT2D eigenvalue weighted by atomic mass is 16.3. The average Bonchev–Trinajstić information content (AvgIpc) is 2.45.